The van der Waals surface area contributed by atoms with Crippen molar-refractivity contribution in [3.8, 4) is 12.3 Å². The van der Waals surface area contributed by atoms with Gasteiger partial charge < -0.3 is 40.2 Å². The van der Waals surface area contributed by atoms with Gasteiger partial charge >= 0.3 is 12.1 Å². The van der Waals surface area contributed by atoms with Crippen molar-refractivity contribution in [3.05, 3.63) is 52.6 Å². The number of likely N-dealkylation sites (N-methyl/N-ethyl adjacent to an activating group) is 1. The molecule has 0 aromatic heterocycles. The van der Waals surface area contributed by atoms with E-state index in [2.05, 4.69) is 82.8 Å². The van der Waals surface area contributed by atoms with E-state index < -0.39 is 29.2 Å². The van der Waals surface area contributed by atoms with Crippen molar-refractivity contribution in [2.75, 3.05) is 38.3 Å². The smallest absolute Gasteiger partial charge is 0.481 e. The van der Waals surface area contributed by atoms with Crippen molar-refractivity contribution in [1.82, 2.24) is 0 Å². The van der Waals surface area contributed by atoms with Crippen LogP contribution >= 0.6 is 0 Å². The Morgan fingerprint density at radius 2 is 1.78 bits per heavy atom. The number of aliphatic carboxylic acids is 1. The van der Waals surface area contributed by atoms with Gasteiger partial charge in [0.15, 0.2) is 0 Å². The lowest BCUT2D eigenvalue weighted by molar-refractivity contribution is -0.211. The summed E-state index contributed by atoms with van der Waals surface area (Å²) in [6.45, 7) is 12.9. The normalized spacial score (nSPS) is 41.5. The Kier molecular flexibility index (Phi) is 14.1. The number of benzene rings is 1. The molecule has 8 aliphatic rings. The number of nitrogens with two attached hydrogens (primary N) is 1. The molecule has 7 fully saturated rings. The lowest BCUT2D eigenvalue weighted by Crippen LogP contribution is -2.63. The Morgan fingerprint density at radius 3 is 2.51 bits per heavy atom. The summed E-state index contributed by atoms with van der Waals surface area (Å²) in [7, 11) is 2.12. The van der Waals surface area contributed by atoms with Gasteiger partial charge in [0.05, 0.1) is 24.4 Å². The molecule has 11 heteroatoms. The summed E-state index contributed by atoms with van der Waals surface area (Å²) in [6.07, 6.45) is 18.6. The second-order valence-electron chi connectivity index (χ2n) is 24.2. The number of terminal acetylenes is 1. The minimum atomic E-state index is -0.927. The number of aliphatic hydroxyl groups excluding tert-OH is 1. The highest BCUT2D eigenvalue weighted by molar-refractivity contribution is 5.84. The van der Waals surface area contributed by atoms with Gasteiger partial charge in [-0.25, -0.2) is 4.79 Å². The molecule has 0 radical (unpaired) electrons. The van der Waals surface area contributed by atoms with Crippen LogP contribution in [0.15, 0.2) is 47.1 Å². The first-order chi connectivity index (χ1) is 32.9. The van der Waals surface area contributed by atoms with Crippen LogP contribution in [0.1, 0.15) is 149 Å². The summed E-state index contributed by atoms with van der Waals surface area (Å²) in [5, 5.41) is 34.1. The van der Waals surface area contributed by atoms with Gasteiger partial charge in [-0.2, -0.15) is 0 Å². The second kappa shape index (κ2) is 19.4. The number of allylic oxidation sites excluding steroid dienone is 4. The number of nitrogens with zero attached hydrogens (tertiary/aromatic N) is 1. The molecule has 9 rings (SSSR count). The summed E-state index contributed by atoms with van der Waals surface area (Å²) >= 11 is 0. The van der Waals surface area contributed by atoms with Crippen LogP contribution in [0, 0.1) is 81.8 Å². The van der Waals surface area contributed by atoms with E-state index in [1.54, 1.807) is 0 Å². The maximum atomic E-state index is 13.2. The molecule has 0 saturated heterocycles. The van der Waals surface area contributed by atoms with Gasteiger partial charge in [-0.1, -0.05) is 58.4 Å². The van der Waals surface area contributed by atoms with Crippen LogP contribution in [0.4, 0.5) is 10.5 Å². The summed E-state index contributed by atoms with van der Waals surface area (Å²) in [5.74, 6) is 4.31. The number of hydrogen-bond acceptors (Lipinski definition) is 10. The Balaban J connectivity index is 0.874. The molecular formula is C58H82N2O9. The number of Topliss-reactive ketones (excluding diaryl/α,β-unsaturated/α-hetero) is 1. The van der Waals surface area contributed by atoms with Crippen LogP contribution in [0.5, 0.6) is 0 Å². The number of rotatable bonds is 14. The number of fused-ring (bicyclic) bond motifs is 9. The van der Waals surface area contributed by atoms with E-state index in [1.807, 2.05) is 0 Å². The number of carboxylic acids is 1. The van der Waals surface area contributed by atoms with Crippen LogP contribution in [0.2, 0.25) is 0 Å². The number of anilines is 1. The Labute approximate surface area is 411 Å². The predicted molar refractivity (Wildman–Crippen MR) is 266 cm³/mol. The average Bonchev–Trinajstić information content (AvgIpc) is 3.78. The molecule has 7 saturated carbocycles. The SMILES string of the molecule is C#CCC1(O)C(C)CC2C3CC=C4CC(=O)CCC4=C3C(c3ccc(N(C)CCOC4CCC5(C)C(C4)CC(OC(=O)OCCN)C4C5CC(O)C5(C)C(C(C)CCC(=O)O)CCC45)cc3)CC21C. The number of carbonyl (C=O) groups excluding carboxylic acids is 2. The fourth-order valence-electron chi connectivity index (χ4n) is 17.5. The predicted octanol–water partition coefficient (Wildman–Crippen LogP) is 9.63. The number of aliphatic hydroxyl groups is 2. The molecule has 11 nitrogen and oxygen atoms in total. The maximum absolute atomic E-state index is 13.2. The fourth-order valence-corrected chi connectivity index (χ4v) is 17.5. The summed E-state index contributed by atoms with van der Waals surface area (Å²) < 4.78 is 18.5. The van der Waals surface area contributed by atoms with E-state index in [1.165, 1.54) is 22.3 Å². The Bertz CT molecular complexity index is 2220. The fraction of sp³-hybridized carbons (Fsp3) is 0.741. The molecule has 8 aliphatic carbocycles. The Hall–Kier alpha value is -3.69. The van der Waals surface area contributed by atoms with Crippen molar-refractivity contribution in [2.24, 2.45) is 75.2 Å². The molecule has 5 N–H and O–H groups in total. The number of ether oxygens (including phenoxy) is 3. The number of carboxylic acid groups (broad SMARTS) is 1. The minimum Gasteiger partial charge on any atom is -0.481 e. The van der Waals surface area contributed by atoms with Crippen LogP contribution < -0.4 is 10.6 Å². The van der Waals surface area contributed by atoms with Gasteiger partial charge in [-0.15, -0.1) is 12.3 Å². The quantitative estimate of drug-likeness (QED) is 0.104. The summed E-state index contributed by atoms with van der Waals surface area (Å²) in [5.41, 5.74) is 10.5. The molecule has 0 spiro atoms. The van der Waals surface area contributed by atoms with Crippen molar-refractivity contribution < 1.29 is 43.9 Å². The van der Waals surface area contributed by atoms with Crippen molar-refractivity contribution in [2.45, 2.75) is 167 Å². The summed E-state index contributed by atoms with van der Waals surface area (Å²) in [6, 6.07) is 9.04. The molecule has 1 aromatic carbocycles. The summed E-state index contributed by atoms with van der Waals surface area (Å²) in [4.78, 5) is 39.6. The zero-order chi connectivity index (χ0) is 49.2. The zero-order valence-electron chi connectivity index (χ0n) is 42.4. The highest BCUT2D eigenvalue weighted by Crippen LogP contribution is 2.70. The molecule has 0 bridgehead atoms. The van der Waals surface area contributed by atoms with Crippen molar-refractivity contribution >= 4 is 23.6 Å². The van der Waals surface area contributed by atoms with Gasteiger partial charge in [0, 0.05) is 68.8 Å². The number of hydrogen-bond donors (Lipinski definition) is 4. The highest BCUT2D eigenvalue weighted by Gasteiger charge is 2.68. The lowest BCUT2D eigenvalue weighted by Gasteiger charge is -2.64. The van der Waals surface area contributed by atoms with E-state index >= 15 is 0 Å². The molecule has 17 atom stereocenters. The maximum Gasteiger partial charge on any atom is 0.508 e. The van der Waals surface area contributed by atoms with Crippen LogP contribution in [0.3, 0.4) is 0 Å². The third-order valence-corrected chi connectivity index (χ3v) is 21.3. The van der Waals surface area contributed by atoms with Crippen LogP contribution in [-0.4, -0.2) is 90.5 Å². The monoisotopic (exact) mass is 951 g/mol. The van der Waals surface area contributed by atoms with E-state index in [-0.39, 0.29) is 90.0 Å². The van der Waals surface area contributed by atoms with E-state index in [0.29, 0.717) is 56.3 Å². The third-order valence-electron chi connectivity index (χ3n) is 21.3. The largest absolute Gasteiger partial charge is 0.508 e. The van der Waals surface area contributed by atoms with Crippen molar-refractivity contribution in [1.29, 1.82) is 0 Å². The number of carbonyl (C=O) groups is 3. The van der Waals surface area contributed by atoms with Crippen molar-refractivity contribution in [3.63, 3.8) is 0 Å². The molecule has 0 heterocycles. The highest BCUT2D eigenvalue weighted by atomic mass is 16.7. The first-order valence-electron chi connectivity index (χ1n) is 26.8. The zero-order valence-corrected chi connectivity index (χ0v) is 42.4. The van der Waals surface area contributed by atoms with Gasteiger partial charge in [-0.3, -0.25) is 9.59 Å². The Morgan fingerprint density at radius 1 is 1.01 bits per heavy atom. The molecule has 378 valence electrons. The molecule has 1 aromatic rings. The van der Waals surface area contributed by atoms with Gasteiger partial charge in [0.25, 0.3) is 0 Å². The van der Waals surface area contributed by atoms with E-state index in [0.717, 1.165) is 76.4 Å². The van der Waals surface area contributed by atoms with Crippen LogP contribution in [-0.2, 0) is 23.8 Å². The average molecular weight is 951 g/mol. The number of ketones is 1. The second-order valence-corrected chi connectivity index (χ2v) is 24.2. The third kappa shape index (κ3) is 8.61. The first kappa shape index (κ1) is 50.3. The van der Waals surface area contributed by atoms with E-state index in [9.17, 15) is 29.7 Å². The topological polar surface area (TPSA) is 169 Å². The lowest BCUT2D eigenvalue weighted by atomic mass is 9.43. The van der Waals surface area contributed by atoms with Gasteiger partial charge in [0.1, 0.15) is 18.5 Å². The first-order valence-corrected chi connectivity index (χ1v) is 26.8. The molecular weight excluding hydrogens is 869 g/mol. The molecule has 17 unspecified atom stereocenters. The van der Waals surface area contributed by atoms with Crippen LogP contribution in [0.25, 0.3) is 0 Å². The van der Waals surface area contributed by atoms with Gasteiger partial charge in [0.2, 0.25) is 0 Å². The van der Waals surface area contributed by atoms with E-state index in [4.69, 9.17) is 26.4 Å². The minimum absolute atomic E-state index is 0.0488. The standard InChI is InChI=1S/C58H82N2O9/c1-8-22-58(66)35(3)28-47-43-16-12-37-29-40(61)15-17-42(37)52(43)44(33-56(47,58)5)36-10-13-39(14-11-36)60(7)25-27-67-41-21-23-55(4)38(30-41)31-49(69-54(65)68-26-24-59)53-46-19-18-45(34(2)9-20-51(63)64)57(46,6)50(62)32-48(53)55/h1,10-14,34-35,38,41,43-50,53,62,66H,9,15-33,59H2,2-7H3,(H,63,64). The molecule has 69 heavy (non-hydrogen) atoms. The molecule has 0 amide bonds. The van der Waals surface area contributed by atoms with Gasteiger partial charge in [-0.05, 0) is 164 Å². The molecule has 0 aliphatic heterocycles.